The minimum absolute atomic E-state index is 0.0131. The molecule has 10 nitrogen and oxygen atoms in total. The van der Waals surface area contributed by atoms with Gasteiger partial charge in [0.05, 0.1) is 68.8 Å². The number of hydrogen-bond acceptors (Lipinski definition) is 4. The molecule has 2 heterocycles. The van der Waals surface area contributed by atoms with Gasteiger partial charge in [-0.3, -0.25) is 4.57 Å². The van der Waals surface area contributed by atoms with Crippen LogP contribution in [0.25, 0.3) is 27.6 Å². The van der Waals surface area contributed by atoms with E-state index in [0.717, 1.165) is 71.1 Å². The number of carbonyl (C=O) groups is 1. The average molecular weight is 650 g/mol. The summed E-state index contributed by atoms with van der Waals surface area (Å²) in [7, 11) is 6.47. The normalized spacial score (nSPS) is 17.0. The molecule has 0 radical (unpaired) electrons. The highest BCUT2D eigenvalue weighted by atomic mass is 19.4. The van der Waals surface area contributed by atoms with Gasteiger partial charge >= 0.3 is 17.9 Å². The second-order valence-corrected chi connectivity index (χ2v) is 13.1. The van der Waals surface area contributed by atoms with Crippen LogP contribution < -0.4 is 16.3 Å². The monoisotopic (exact) mass is 649 g/mol. The SMILES string of the molecule is [C-]#[N+]c1ccc(-n2nccc2-c2c(C)n(-c3cccc(C(F)(F)F)c3)c(=O)n2C(=O)NC2CCC(CNCC[N+](C)(C)C)CC2)cc1. The minimum atomic E-state index is -4.62. The zero-order chi connectivity index (χ0) is 33.9. The number of rotatable bonds is 9. The van der Waals surface area contributed by atoms with Crippen molar-refractivity contribution in [3.63, 3.8) is 0 Å². The van der Waals surface area contributed by atoms with Gasteiger partial charge in [-0.05, 0) is 81.5 Å². The first-order valence-electron chi connectivity index (χ1n) is 15.6. The molecule has 2 aromatic heterocycles. The summed E-state index contributed by atoms with van der Waals surface area (Å²) in [6.45, 7) is 11.7. The molecule has 0 saturated heterocycles. The van der Waals surface area contributed by atoms with Gasteiger partial charge in [0, 0.05) is 12.6 Å². The maximum atomic E-state index is 14.1. The molecule has 4 aromatic rings. The first kappa shape index (κ1) is 33.7. The van der Waals surface area contributed by atoms with Gasteiger partial charge in [0.25, 0.3) is 0 Å². The molecule has 5 rings (SSSR count). The molecule has 0 atom stereocenters. The van der Waals surface area contributed by atoms with Crippen LogP contribution in [0.4, 0.5) is 23.7 Å². The number of imidazole rings is 1. The van der Waals surface area contributed by atoms with Crippen molar-refractivity contribution in [3.8, 4) is 22.8 Å². The zero-order valence-corrected chi connectivity index (χ0v) is 27.0. The Labute approximate surface area is 271 Å². The van der Waals surface area contributed by atoms with Crippen molar-refractivity contribution in [2.75, 3.05) is 40.8 Å². The number of quaternary nitrogens is 1. The fourth-order valence-electron chi connectivity index (χ4n) is 6.05. The summed E-state index contributed by atoms with van der Waals surface area (Å²) in [6, 6.07) is 12.0. The van der Waals surface area contributed by atoms with Crippen molar-refractivity contribution in [2.45, 2.75) is 44.8 Å². The zero-order valence-electron chi connectivity index (χ0n) is 27.0. The van der Waals surface area contributed by atoms with Crippen molar-refractivity contribution in [3.05, 3.63) is 94.0 Å². The van der Waals surface area contributed by atoms with Gasteiger partial charge in [-0.1, -0.05) is 18.2 Å². The number of likely N-dealkylation sites (N-methyl/N-ethyl adjacent to an activating group) is 1. The van der Waals surface area contributed by atoms with E-state index in [1.54, 1.807) is 37.3 Å². The van der Waals surface area contributed by atoms with Crippen LogP contribution in [0, 0.1) is 19.4 Å². The van der Waals surface area contributed by atoms with Crippen molar-refractivity contribution >= 4 is 11.7 Å². The lowest BCUT2D eigenvalue weighted by molar-refractivity contribution is -0.869. The lowest BCUT2D eigenvalue weighted by atomic mass is 9.86. The second kappa shape index (κ2) is 13.6. The topological polar surface area (TPSA) is 90.2 Å². The Bertz CT molecular complexity index is 1820. The Morgan fingerprint density at radius 2 is 1.74 bits per heavy atom. The number of benzene rings is 2. The summed E-state index contributed by atoms with van der Waals surface area (Å²) in [5.74, 6) is 0.488. The first-order chi connectivity index (χ1) is 22.3. The van der Waals surface area contributed by atoms with E-state index in [4.69, 9.17) is 6.57 Å². The van der Waals surface area contributed by atoms with Gasteiger partial charge in [-0.15, -0.1) is 0 Å². The van der Waals surface area contributed by atoms with Crippen LogP contribution in [-0.2, 0) is 6.18 Å². The van der Waals surface area contributed by atoms with Crippen LogP contribution in [-0.4, -0.2) is 76.2 Å². The van der Waals surface area contributed by atoms with Crippen LogP contribution in [0.2, 0.25) is 0 Å². The van der Waals surface area contributed by atoms with Gasteiger partial charge in [0.15, 0.2) is 5.69 Å². The maximum absolute atomic E-state index is 14.1. The number of carbonyl (C=O) groups excluding carboxylic acids is 1. The molecule has 1 fully saturated rings. The molecule has 1 aliphatic rings. The largest absolute Gasteiger partial charge is 0.416 e. The standard InChI is InChI=1S/C34H39F3N8O2/c1-23-31(30-17-18-40-44(30)28-15-13-26(38-2)14-16-28)43(33(47)42(23)29-8-6-7-25(21-29)34(35,36)37)32(46)41-27-11-9-24(10-12-27)22-39-19-20-45(3,4)5/h6-8,13-18,21,24,27,39H,9-12,19-20,22H2,1,3-5H3/p+1. The number of nitrogens with one attached hydrogen (secondary N) is 2. The number of alkyl halides is 3. The van der Waals surface area contributed by atoms with E-state index >= 15 is 0 Å². The fraction of sp³-hybridized carbons (Fsp3) is 0.412. The minimum Gasteiger partial charge on any atom is -0.335 e. The fourth-order valence-corrected chi connectivity index (χ4v) is 6.05. The van der Waals surface area contributed by atoms with Gasteiger partial charge in [0.1, 0.15) is 5.69 Å². The molecule has 2 aromatic carbocycles. The van der Waals surface area contributed by atoms with Crippen LogP contribution in [0.5, 0.6) is 0 Å². The molecule has 1 aliphatic carbocycles. The summed E-state index contributed by atoms with van der Waals surface area (Å²) in [5.41, 5.74) is 0.158. The average Bonchev–Trinajstić information content (AvgIpc) is 3.61. The molecule has 47 heavy (non-hydrogen) atoms. The van der Waals surface area contributed by atoms with Gasteiger partial charge in [0.2, 0.25) is 0 Å². The number of aromatic nitrogens is 4. The Kier molecular flexibility index (Phi) is 9.74. The number of nitrogens with zero attached hydrogens (tertiary/aromatic N) is 6. The highest BCUT2D eigenvalue weighted by Gasteiger charge is 2.32. The Morgan fingerprint density at radius 1 is 1.04 bits per heavy atom. The van der Waals surface area contributed by atoms with Crippen molar-refractivity contribution in [2.24, 2.45) is 5.92 Å². The van der Waals surface area contributed by atoms with E-state index < -0.39 is 23.5 Å². The van der Waals surface area contributed by atoms with E-state index in [-0.39, 0.29) is 23.1 Å². The maximum Gasteiger partial charge on any atom is 0.416 e. The predicted octanol–water partition coefficient (Wildman–Crippen LogP) is 5.78. The van der Waals surface area contributed by atoms with Crippen LogP contribution in [0.3, 0.4) is 0 Å². The third-order valence-corrected chi connectivity index (χ3v) is 8.59. The lowest BCUT2D eigenvalue weighted by Gasteiger charge is -2.30. The summed E-state index contributed by atoms with van der Waals surface area (Å²) >= 11 is 0. The molecule has 2 N–H and O–H groups in total. The van der Waals surface area contributed by atoms with E-state index in [1.165, 1.54) is 23.0 Å². The number of halogens is 3. The second-order valence-electron chi connectivity index (χ2n) is 13.1. The van der Waals surface area contributed by atoms with Crippen molar-refractivity contribution in [1.29, 1.82) is 0 Å². The summed E-state index contributed by atoms with van der Waals surface area (Å²) in [5, 5.41) is 11.0. The van der Waals surface area contributed by atoms with Crippen molar-refractivity contribution in [1.82, 2.24) is 29.5 Å². The molecule has 248 valence electrons. The van der Waals surface area contributed by atoms with Gasteiger partial charge < -0.3 is 15.1 Å². The Balaban J connectivity index is 1.47. The van der Waals surface area contributed by atoms with Gasteiger partial charge in [-0.2, -0.15) is 18.3 Å². The summed E-state index contributed by atoms with van der Waals surface area (Å²) in [6.07, 6.45) is 0.226. The molecule has 0 aliphatic heterocycles. The first-order valence-corrected chi connectivity index (χ1v) is 15.6. The van der Waals surface area contributed by atoms with Crippen LogP contribution in [0.1, 0.15) is 36.9 Å². The van der Waals surface area contributed by atoms with E-state index in [9.17, 15) is 22.8 Å². The third-order valence-electron chi connectivity index (χ3n) is 8.59. The van der Waals surface area contributed by atoms with Crippen LogP contribution in [0.15, 0.2) is 65.6 Å². The molecule has 0 unspecified atom stereocenters. The highest BCUT2D eigenvalue weighted by Crippen LogP contribution is 2.32. The molecular weight excluding hydrogens is 609 g/mol. The Hall–Kier alpha value is -4.67. The molecule has 13 heteroatoms. The molecule has 1 saturated carbocycles. The molecule has 0 bridgehead atoms. The highest BCUT2D eigenvalue weighted by molar-refractivity contribution is 5.83. The van der Waals surface area contributed by atoms with Crippen LogP contribution >= 0.6 is 0 Å². The smallest absolute Gasteiger partial charge is 0.335 e. The Morgan fingerprint density at radius 3 is 2.38 bits per heavy atom. The van der Waals surface area contributed by atoms with Crippen molar-refractivity contribution < 1.29 is 22.4 Å². The summed E-state index contributed by atoms with van der Waals surface area (Å²) in [4.78, 5) is 31.5. The van der Waals surface area contributed by atoms with E-state index in [2.05, 4.69) is 41.7 Å². The number of hydrogen-bond donors (Lipinski definition) is 2. The van der Waals surface area contributed by atoms with E-state index in [0.29, 0.717) is 23.0 Å². The molecule has 1 amide bonds. The molecular formula is C34H40F3N8O2+. The summed E-state index contributed by atoms with van der Waals surface area (Å²) < 4.78 is 45.5. The quantitative estimate of drug-likeness (QED) is 0.137. The van der Waals surface area contributed by atoms with Gasteiger partial charge in [-0.25, -0.2) is 23.7 Å². The predicted molar refractivity (Wildman–Crippen MR) is 174 cm³/mol. The lowest BCUT2D eigenvalue weighted by Crippen LogP contribution is -2.45. The third kappa shape index (κ3) is 7.66. The van der Waals surface area contributed by atoms with E-state index in [1.807, 2.05) is 0 Å². The molecule has 0 spiro atoms. The number of amides is 1.